The Morgan fingerprint density at radius 2 is 2.12 bits per heavy atom. The van der Waals surface area contributed by atoms with Crippen molar-refractivity contribution in [2.45, 2.75) is 25.8 Å². The summed E-state index contributed by atoms with van der Waals surface area (Å²) in [5.41, 5.74) is 0.997. The van der Waals surface area contributed by atoms with Gasteiger partial charge in [-0.25, -0.2) is 0 Å². The monoisotopic (exact) mass is 382 g/mol. The van der Waals surface area contributed by atoms with Crippen molar-refractivity contribution in [2.75, 3.05) is 32.7 Å². The zero-order valence-corrected chi connectivity index (χ0v) is 15.5. The SMILES string of the molecule is Cc1ccc([N+](=O)[O-])cc1C(=O)N1CCCC(N2CCNCC2=O)C1.Cl. The molecule has 1 unspecified atom stereocenters. The number of piperidine rings is 1. The summed E-state index contributed by atoms with van der Waals surface area (Å²) in [6.07, 6.45) is 1.70. The number of hydrogen-bond acceptors (Lipinski definition) is 5. The average Bonchev–Trinajstić information content (AvgIpc) is 2.62. The van der Waals surface area contributed by atoms with E-state index in [0.29, 0.717) is 31.7 Å². The number of likely N-dealkylation sites (tertiary alicyclic amines) is 1. The van der Waals surface area contributed by atoms with Gasteiger partial charge in [0.2, 0.25) is 5.91 Å². The van der Waals surface area contributed by atoms with Crippen LogP contribution >= 0.6 is 12.4 Å². The number of nitrogens with zero attached hydrogens (tertiary/aromatic N) is 3. The molecule has 0 bridgehead atoms. The summed E-state index contributed by atoms with van der Waals surface area (Å²) in [5, 5.41) is 14.0. The second-order valence-corrected chi connectivity index (χ2v) is 6.57. The summed E-state index contributed by atoms with van der Waals surface area (Å²) in [4.78, 5) is 39.1. The first kappa shape index (κ1) is 20.1. The molecule has 9 heteroatoms. The summed E-state index contributed by atoms with van der Waals surface area (Å²) in [5.74, 6) is -0.134. The first-order valence-corrected chi connectivity index (χ1v) is 8.52. The van der Waals surface area contributed by atoms with E-state index in [-0.39, 0.29) is 36.0 Å². The van der Waals surface area contributed by atoms with Crippen molar-refractivity contribution < 1.29 is 14.5 Å². The van der Waals surface area contributed by atoms with E-state index in [4.69, 9.17) is 0 Å². The Bertz CT molecular complexity index is 712. The maximum Gasteiger partial charge on any atom is 0.270 e. The Labute approximate surface area is 158 Å². The van der Waals surface area contributed by atoms with Gasteiger partial charge >= 0.3 is 0 Å². The highest BCUT2D eigenvalue weighted by molar-refractivity contribution is 5.96. The molecule has 142 valence electrons. The van der Waals surface area contributed by atoms with E-state index in [9.17, 15) is 19.7 Å². The molecule has 2 saturated heterocycles. The number of non-ortho nitro benzene ring substituents is 1. The van der Waals surface area contributed by atoms with Crippen LogP contribution in [0.1, 0.15) is 28.8 Å². The number of aryl methyl sites for hydroxylation is 1. The summed E-state index contributed by atoms with van der Waals surface area (Å²) < 4.78 is 0. The average molecular weight is 383 g/mol. The molecule has 26 heavy (non-hydrogen) atoms. The molecule has 2 fully saturated rings. The smallest absolute Gasteiger partial charge is 0.270 e. The van der Waals surface area contributed by atoms with Gasteiger partial charge in [0.05, 0.1) is 11.5 Å². The van der Waals surface area contributed by atoms with E-state index < -0.39 is 4.92 Å². The van der Waals surface area contributed by atoms with Crippen molar-refractivity contribution in [3.63, 3.8) is 0 Å². The van der Waals surface area contributed by atoms with Crippen molar-refractivity contribution in [1.82, 2.24) is 15.1 Å². The predicted molar refractivity (Wildman–Crippen MR) is 98.6 cm³/mol. The summed E-state index contributed by atoms with van der Waals surface area (Å²) >= 11 is 0. The van der Waals surface area contributed by atoms with Gasteiger partial charge in [-0.2, -0.15) is 0 Å². The zero-order chi connectivity index (χ0) is 18.0. The van der Waals surface area contributed by atoms with E-state index in [2.05, 4.69) is 5.32 Å². The van der Waals surface area contributed by atoms with Gasteiger partial charge < -0.3 is 15.1 Å². The number of nitro groups is 1. The lowest BCUT2D eigenvalue weighted by molar-refractivity contribution is -0.384. The third kappa shape index (κ3) is 4.13. The second-order valence-electron chi connectivity index (χ2n) is 6.57. The number of piperazine rings is 1. The molecule has 0 aromatic heterocycles. The van der Waals surface area contributed by atoms with Crippen LogP contribution in [0, 0.1) is 17.0 Å². The highest BCUT2D eigenvalue weighted by atomic mass is 35.5. The molecule has 2 amide bonds. The standard InChI is InChI=1S/C17H22N4O4.ClH/c1-12-4-5-13(21(24)25)9-15(12)17(23)19-7-2-3-14(11-19)20-8-6-18-10-16(20)22;/h4-5,9,14,18H,2-3,6-8,10-11H2,1H3;1H. The Hall–Kier alpha value is -2.19. The molecule has 1 aromatic rings. The number of halogens is 1. The van der Waals surface area contributed by atoms with E-state index in [1.54, 1.807) is 17.9 Å². The highest BCUT2D eigenvalue weighted by Crippen LogP contribution is 2.23. The van der Waals surface area contributed by atoms with Gasteiger partial charge in [0, 0.05) is 49.9 Å². The van der Waals surface area contributed by atoms with E-state index in [0.717, 1.165) is 24.9 Å². The van der Waals surface area contributed by atoms with Gasteiger partial charge in [-0.05, 0) is 25.3 Å². The van der Waals surface area contributed by atoms with Crippen LogP contribution < -0.4 is 5.32 Å². The van der Waals surface area contributed by atoms with Crippen LogP contribution in [0.25, 0.3) is 0 Å². The molecule has 2 aliphatic rings. The van der Waals surface area contributed by atoms with Gasteiger partial charge in [-0.1, -0.05) is 6.07 Å². The van der Waals surface area contributed by atoms with Crippen LogP contribution in [0.15, 0.2) is 18.2 Å². The molecule has 1 aromatic carbocycles. The van der Waals surface area contributed by atoms with E-state index >= 15 is 0 Å². The van der Waals surface area contributed by atoms with Crippen molar-refractivity contribution in [1.29, 1.82) is 0 Å². The molecule has 0 saturated carbocycles. The van der Waals surface area contributed by atoms with Crippen molar-refractivity contribution in [2.24, 2.45) is 0 Å². The number of benzene rings is 1. The first-order chi connectivity index (χ1) is 12.0. The Morgan fingerprint density at radius 1 is 1.35 bits per heavy atom. The lowest BCUT2D eigenvalue weighted by Gasteiger charge is -2.41. The normalized spacial score (nSPS) is 20.5. The van der Waals surface area contributed by atoms with Gasteiger partial charge in [0.25, 0.3) is 11.6 Å². The molecule has 0 spiro atoms. The highest BCUT2D eigenvalue weighted by Gasteiger charge is 2.32. The van der Waals surface area contributed by atoms with Crippen LogP contribution in [0.5, 0.6) is 0 Å². The number of nitrogens with one attached hydrogen (secondary N) is 1. The molecular formula is C17H23ClN4O4. The lowest BCUT2D eigenvalue weighted by atomic mass is 10.0. The Balaban J connectivity index is 0.00000243. The van der Waals surface area contributed by atoms with Crippen LogP contribution in [-0.4, -0.2) is 65.3 Å². The van der Waals surface area contributed by atoms with Gasteiger partial charge in [-0.15, -0.1) is 12.4 Å². The van der Waals surface area contributed by atoms with Gasteiger partial charge in [0.1, 0.15) is 0 Å². The van der Waals surface area contributed by atoms with Crippen molar-refractivity contribution in [3.8, 4) is 0 Å². The fourth-order valence-electron chi connectivity index (χ4n) is 3.53. The molecule has 0 radical (unpaired) electrons. The number of amides is 2. The molecule has 2 aliphatic heterocycles. The predicted octanol–water partition coefficient (Wildman–Crippen LogP) is 1.36. The molecular weight excluding hydrogens is 360 g/mol. The van der Waals surface area contributed by atoms with E-state index in [1.807, 2.05) is 4.90 Å². The molecule has 3 rings (SSSR count). The fourth-order valence-corrected chi connectivity index (χ4v) is 3.53. The Kier molecular flexibility index (Phi) is 6.55. The third-order valence-electron chi connectivity index (χ3n) is 4.91. The molecule has 0 aliphatic carbocycles. The van der Waals surface area contributed by atoms with Crippen molar-refractivity contribution in [3.05, 3.63) is 39.4 Å². The topological polar surface area (TPSA) is 95.8 Å². The maximum atomic E-state index is 12.9. The molecule has 1 atom stereocenters. The number of nitro benzene ring substituents is 1. The van der Waals surface area contributed by atoms with Crippen LogP contribution in [-0.2, 0) is 4.79 Å². The summed E-state index contributed by atoms with van der Waals surface area (Å²) in [6.45, 7) is 4.62. The van der Waals surface area contributed by atoms with Gasteiger partial charge in [-0.3, -0.25) is 19.7 Å². The number of hydrogen-bond donors (Lipinski definition) is 1. The first-order valence-electron chi connectivity index (χ1n) is 8.52. The maximum absolute atomic E-state index is 12.9. The lowest BCUT2D eigenvalue weighted by Crippen LogP contribution is -2.57. The van der Waals surface area contributed by atoms with Crippen molar-refractivity contribution >= 4 is 29.9 Å². The minimum absolute atomic E-state index is 0. The number of carbonyl (C=O) groups is 2. The Morgan fingerprint density at radius 3 is 2.81 bits per heavy atom. The molecule has 1 N–H and O–H groups in total. The molecule has 8 nitrogen and oxygen atoms in total. The minimum atomic E-state index is -0.491. The number of carbonyl (C=O) groups excluding carboxylic acids is 2. The third-order valence-corrected chi connectivity index (χ3v) is 4.91. The minimum Gasteiger partial charge on any atom is -0.337 e. The van der Waals surface area contributed by atoms with Crippen LogP contribution in [0.4, 0.5) is 5.69 Å². The summed E-state index contributed by atoms with van der Waals surface area (Å²) in [7, 11) is 0. The fraction of sp³-hybridized carbons (Fsp3) is 0.529. The van der Waals surface area contributed by atoms with Crippen LogP contribution in [0.2, 0.25) is 0 Å². The quantitative estimate of drug-likeness (QED) is 0.629. The molecule has 2 heterocycles. The second kappa shape index (κ2) is 8.46. The largest absolute Gasteiger partial charge is 0.337 e. The zero-order valence-electron chi connectivity index (χ0n) is 14.6. The van der Waals surface area contributed by atoms with Crippen LogP contribution in [0.3, 0.4) is 0 Å². The summed E-state index contributed by atoms with van der Waals surface area (Å²) in [6, 6.07) is 4.38. The van der Waals surface area contributed by atoms with E-state index in [1.165, 1.54) is 12.1 Å². The van der Waals surface area contributed by atoms with Gasteiger partial charge in [0.15, 0.2) is 0 Å². The number of rotatable bonds is 3.